The summed E-state index contributed by atoms with van der Waals surface area (Å²) in [5.74, 6) is 3.60. The number of fused-ring (bicyclic) bond motifs is 4. The molecule has 0 saturated carbocycles. The maximum absolute atomic E-state index is 6.00. The summed E-state index contributed by atoms with van der Waals surface area (Å²) in [5, 5.41) is 0. The average Bonchev–Trinajstić information content (AvgIpc) is 3.91. The number of hydrogen-bond acceptors (Lipinski definition) is 3. The van der Waals surface area contributed by atoms with Crippen LogP contribution in [0.15, 0.2) is 197 Å². The summed E-state index contributed by atoms with van der Waals surface area (Å²) in [4.78, 5) is 2.55. The minimum atomic E-state index is 0.00326. The zero-order valence-electron chi connectivity index (χ0n) is 31.8. The molecule has 11 rings (SSSR count). The predicted octanol–water partition coefficient (Wildman–Crippen LogP) is 9.29. The van der Waals surface area contributed by atoms with Gasteiger partial charge in [0.25, 0.3) is 0 Å². The summed E-state index contributed by atoms with van der Waals surface area (Å²) in [5.41, 5.74) is 18.4. The Kier molecular flexibility index (Phi) is 7.82. The van der Waals surface area contributed by atoms with E-state index in [1.807, 2.05) is 38.1 Å². The fourth-order valence-electron chi connectivity index (χ4n) is 9.20. The number of rotatable bonds is 6. The summed E-state index contributed by atoms with van der Waals surface area (Å²) >= 11 is 0. The van der Waals surface area contributed by atoms with E-state index in [0.717, 1.165) is 34.2 Å². The molecule has 57 heavy (non-hydrogen) atoms. The first-order valence-electron chi connectivity index (χ1n) is 19.7. The van der Waals surface area contributed by atoms with E-state index in [0.29, 0.717) is 0 Å². The molecule has 4 heterocycles. The molecule has 5 heteroatoms. The van der Waals surface area contributed by atoms with Crippen LogP contribution in [0.4, 0.5) is 17.1 Å². The number of para-hydroxylation sites is 1. The van der Waals surface area contributed by atoms with Gasteiger partial charge in [-0.1, -0.05) is 163 Å². The zero-order chi connectivity index (χ0) is 38.0. The molecule has 0 unspecified atom stereocenters. The molecule has 0 amide bonds. The van der Waals surface area contributed by atoms with Gasteiger partial charge in [-0.15, -0.1) is 0 Å². The summed E-state index contributed by atoms with van der Waals surface area (Å²) in [6.45, 7) is 4.04. The largest absolute Gasteiger partial charge is 0.461 e. The predicted molar refractivity (Wildman–Crippen MR) is 239 cm³/mol. The van der Waals surface area contributed by atoms with Gasteiger partial charge >= 0.3 is 0 Å². The first-order chi connectivity index (χ1) is 28.1. The van der Waals surface area contributed by atoms with E-state index >= 15 is 0 Å². The number of aryl methyl sites for hydroxylation is 2. The molecule has 2 aliphatic heterocycles. The van der Waals surface area contributed by atoms with Crippen LogP contribution >= 0.6 is 0 Å². The second-order valence-corrected chi connectivity index (χ2v) is 15.3. The lowest BCUT2D eigenvalue weighted by Crippen LogP contribution is -2.65. The molecule has 0 aliphatic carbocycles. The molecule has 0 fully saturated rings. The van der Waals surface area contributed by atoms with Gasteiger partial charge in [-0.25, -0.2) is 0 Å². The molecule has 0 atom stereocenters. The van der Waals surface area contributed by atoms with Gasteiger partial charge in [-0.05, 0) is 94.4 Å². The Morgan fingerprint density at radius 3 is 1.33 bits per heavy atom. The van der Waals surface area contributed by atoms with Crippen molar-refractivity contribution in [1.82, 2.24) is 0 Å². The van der Waals surface area contributed by atoms with E-state index in [4.69, 9.17) is 8.83 Å². The molecule has 3 nitrogen and oxygen atoms in total. The van der Waals surface area contributed by atoms with Crippen LogP contribution < -0.4 is 37.7 Å². The van der Waals surface area contributed by atoms with Crippen molar-refractivity contribution in [3.63, 3.8) is 0 Å². The minimum absolute atomic E-state index is 0.00326. The van der Waals surface area contributed by atoms with Gasteiger partial charge in [0.15, 0.2) is 0 Å². The van der Waals surface area contributed by atoms with Gasteiger partial charge in [0.2, 0.25) is 13.4 Å². The van der Waals surface area contributed by atoms with E-state index in [2.05, 4.69) is 169 Å². The summed E-state index contributed by atoms with van der Waals surface area (Å²) in [6, 6.07) is 68.8. The first-order valence-corrected chi connectivity index (χ1v) is 19.7. The number of benzene rings is 7. The van der Waals surface area contributed by atoms with Crippen LogP contribution in [0.25, 0.3) is 44.9 Å². The monoisotopic (exact) mass is 729 g/mol. The molecule has 9 aromatic rings. The molecule has 2 aliphatic rings. The van der Waals surface area contributed by atoms with Crippen LogP contribution in [0.1, 0.15) is 11.5 Å². The third-order valence-electron chi connectivity index (χ3n) is 11.8. The molecule has 0 saturated heterocycles. The highest BCUT2D eigenvalue weighted by Gasteiger charge is 2.43. The van der Waals surface area contributed by atoms with Crippen LogP contribution in [0.3, 0.4) is 0 Å². The minimum Gasteiger partial charge on any atom is -0.461 e. The molecule has 0 radical (unpaired) electrons. The first kappa shape index (κ1) is 33.4. The molecule has 268 valence electrons. The van der Waals surface area contributed by atoms with E-state index < -0.39 is 0 Å². The molecule has 2 aromatic heterocycles. The SMILES string of the molecule is Cc1ccc(-c2ccc(-c3ccc4c(c3)B(c3ccccc3)c3cc(-c5ccc(-c6ccc(C)o6)cc5)cc5c3N4c3ccccc3B5c3ccccc3)cc2)o1. The second kappa shape index (κ2) is 13.4. The fraction of sp³-hybridized carbons (Fsp3) is 0.0385. The van der Waals surface area contributed by atoms with Crippen LogP contribution in [0, 0.1) is 13.8 Å². The van der Waals surface area contributed by atoms with E-state index in [1.54, 1.807) is 0 Å². The number of nitrogens with zero attached hydrogens (tertiary/aromatic N) is 1. The van der Waals surface area contributed by atoms with E-state index in [-0.39, 0.29) is 13.4 Å². The third kappa shape index (κ3) is 5.61. The highest BCUT2D eigenvalue weighted by atomic mass is 16.3. The fourth-order valence-corrected chi connectivity index (χ4v) is 9.20. The van der Waals surface area contributed by atoms with Gasteiger partial charge in [0.05, 0.1) is 0 Å². The summed E-state index contributed by atoms with van der Waals surface area (Å²) in [6.07, 6.45) is 0. The Morgan fingerprint density at radius 1 is 0.351 bits per heavy atom. The highest BCUT2D eigenvalue weighted by Crippen LogP contribution is 2.40. The summed E-state index contributed by atoms with van der Waals surface area (Å²) in [7, 11) is 0. The van der Waals surface area contributed by atoms with Crippen LogP contribution in [0.5, 0.6) is 0 Å². The Balaban J connectivity index is 1.14. The lowest BCUT2D eigenvalue weighted by atomic mass is 9.30. The van der Waals surface area contributed by atoms with E-state index in [9.17, 15) is 0 Å². The quantitative estimate of drug-likeness (QED) is 0.160. The molecule has 7 aromatic carbocycles. The molecular formula is C52H37B2NO2. The van der Waals surface area contributed by atoms with Crippen LogP contribution in [0.2, 0.25) is 0 Å². The van der Waals surface area contributed by atoms with E-state index in [1.165, 1.54) is 72.1 Å². The van der Waals surface area contributed by atoms with Gasteiger partial charge in [0.1, 0.15) is 23.0 Å². The van der Waals surface area contributed by atoms with Gasteiger partial charge < -0.3 is 13.7 Å². The Labute approximate surface area is 334 Å². The van der Waals surface area contributed by atoms with Crippen molar-refractivity contribution in [3.05, 3.63) is 200 Å². The van der Waals surface area contributed by atoms with Gasteiger partial charge in [0, 0.05) is 28.2 Å². The van der Waals surface area contributed by atoms with Crippen molar-refractivity contribution in [1.29, 1.82) is 0 Å². The van der Waals surface area contributed by atoms with Crippen molar-refractivity contribution < 1.29 is 8.83 Å². The van der Waals surface area contributed by atoms with Gasteiger partial charge in [-0.2, -0.15) is 0 Å². The maximum Gasteiger partial charge on any atom is 0.246 e. The number of hydrogen-bond donors (Lipinski definition) is 0. The lowest BCUT2D eigenvalue weighted by molar-refractivity contribution is 0.548. The average molecular weight is 729 g/mol. The van der Waals surface area contributed by atoms with Crippen molar-refractivity contribution in [2.75, 3.05) is 4.90 Å². The second-order valence-electron chi connectivity index (χ2n) is 15.3. The zero-order valence-corrected chi connectivity index (χ0v) is 31.8. The van der Waals surface area contributed by atoms with Crippen molar-refractivity contribution in [2.24, 2.45) is 0 Å². The number of anilines is 3. The summed E-state index contributed by atoms with van der Waals surface area (Å²) < 4.78 is 11.9. The van der Waals surface area contributed by atoms with Crippen molar-refractivity contribution in [2.45, 2.75) is 13.8 Å². The lowest BCUT2D eigenvalue weighted by Gasteiger charge is -2.44. The molecule has 0 N–H and O–H groups in total. The van der Waals surface area contributed by atoms with Crippen LogP contribution in [-0.4, -0.2) is 13.4 Å². The standard InChI is InChI=1S/C52H37B2NO2/c1-34-17-29-50(56-34)38-23-19-36(20-24-38)40-27-28-49-45(31-40)54(43-13-7-4-8-14-43)47-33-41(37-21-25-39(26-22-37)51-30-18-35(2)57-51)32-46-52(47)55(49)48-16-10-9-15-44(48)53(46)42-11-5-3-6-12-42/h3-33H,1-2H3. The third-order valence-corrected chi connectivity index (χ3v) is 11.8. The Morgan fingerprint density at radius 2 is 0.789 bits per heavy atom. The van der Waals surface area contributed by atoms with Crippen LogP contribution in [-0.2, 0) is 0 Å². The maximum atomic E-state index is 6.00. The number of furan rings is 2. The highest BCUT2D eigenvalue weighted by molar-refractivity contribution is 7.02. The smallest absolute Gasteiger partial charge is 0.246 e. The molecule has 0 spiro atoms. The van der Waals surface area contributed by atoms with Crippen molar-refractivity contribution in [3.8, 4) is 44.9 Å². The Hall–Kier alpha value is -6.97. The normalized spacial score (nSPS) is 12.6. The van der Waals surface area contributed by atoms with Gasteiger partial charge in [-0.3, -0.25) is 0 Å². The topological polar surface area (TPSA) is 29.5 Å². The molecular weight excluding hydrogens is 692 g/mol. The molecule has 0 bridgehead atoms. The Bertz CT molecular complexity index is 2930. The van der Waals surface area contributed by atoms with Crippen molar-refractivity contribution >= 4 is 63.3 Å².